The van der Waals surface area contributed by atoms with Crippen LogP contribution in [0.3, 0.4) is 0 Å². The fourth-order valence-corrected chi connectivity index (χ4v) is 2.02. The molecule has 2 aromatic rings. The van der Waals surface area contributed by atoms with Gasteiger partial charge in [-0.05, 0) is 43.5 Å². The quantitative estimate of drug-likeness (QED) is 0.665. The highest BCUT2D eigenvalue weighted by molar-refractivity contribution is 5.49. The zero-order valence-corrected chi connectivity index (χ0v) is 12.8. The van der Waals surface area contributed by atoms with Crippen molar-refractivity contribution in [1.29, 1.82) is 0 Å². The molecule has 21 heavy (non-hydrogen) atoms. The summed E-state index contributed by atoms with van der Waals surface area (Å²) in [5.74, 6) is 1.04. The second kappa shape index (κ2) is 6.39. The Balaban J connectivity index is 2.35. The number of ether oxygens (including phenoxy) is 1. The van der Waals surface area contributed by atoms with Crippen molar-refractivity contribution >= 4 is 5.69 Å². The fraction of sp³-hybridized carbons (Fsp3) is 0.294. The van der Waals surface area contributed by atoms with Crippen LogP contribution in [0.2, 0.25) is 0 Å². The minimum absolute atomic E-state index is 0.327. The lowest BCUT2D eigenvalue weighted by molar-refractivity contribution is 0.432. The van der Waals surface area contributed by atoms with E-state index in [-0.39, 0.29) is 0 Å². The average Bonchev–Trinajstić information content (AvgIpc) is 2.41. The second-order valence-corrected chi connectivity index (χ2v) is 5.33. The first-order valence-electron chi connectivity index (χ1n) is 7.02. The molecular formula is C17H21N3O. The van der Waals surface area contributed by atoms with Crippen molar-refractivity contribution in [2.75, 3.05) is 5.73 Å². The highest BCUT2D eigenvalue weighted by atomic mass is 16.5. The molecule has 0 unspecified atom stereocenters. The van der Waals surface area contributed by atoms with E-state index in [1.54, 1.807) is 6.07 Å². The molecule has 1 aromatic carbocycles. The van der Waals surface area contributed by atoms with Crippen LogP contribution >= 0.6 is 0 Å². The lowest BCUT2D eigenvalue weighted by Crippen LogP contribution is -2.01. The predicted octanol–water partition coefficient (Wildman–Crippen LogP) is 4.01. The largest absolute Gasteiger partial charge is 0.424 e. The Morgan fingerprint density at radius 2 is 2.05 bits per heavy atom. The van der Waals surface area contributed by atoms with Gasteiger partial charge in [0.15, 0.2) is 0 Å². The van der Waals surface area contributed by atoms with Gasteiger partial charge in [-0.3, -0.25) is 0 Å². The Hall–Kier alpha value is -2.36. The molecule has 110 valence electrons. The van der Waals surface area contributed by atoms with Crippen molar-refractivity contribution in [3.05, 3.63) is 53.9 Å². The number of rotatable bonds is 5. The van der Waals surface area contributed by atoms with Gasteiger partial charge in [0.25, 0.3) is 0 Å². The molecule has 0 amide bonds. The molecule has 0 aliphatic carbocycles. The van der Waals surface area contributed by atoms with Crippen LogP contribution in [0.5, 0.6) is 11.8 Å². The standard InChI is InChI=1S/C17H21N3O/c1-5-6-13-10-14(18)7-8-16(13)21-17-19-12(4)9-15(20-17)11(2)3/h5,7-11H,1,6,18H2,2-4H3. The van der Waals surface area contributed by atoms with Gasteiger partial charge in [-0.1, -0.05) is 19.9 Å². The van der Waals surface area contributed by atoms with Crippen LogP contribution in [0, 0.1) is 6.92 Å². The molecule has 0 saturated heterocycles. The summed E-state index contributed by atoms with van der Waals surface area (Å²) in [4.78, 5) is 8.81. The van der Waals surface area contributed by atoms with E-state index in [0.29, 0.717) is 29.8 Å². The number of aryl methyl sites for hydroxylation is 1. The third-order valence-corrected chi connectivity index (χ3v) is 3.10. The number of allylic oxidation sites excluding steroid dienone is 1. The van der Waals surface area contributed by atoms with Crippen molar-refractivity contribution in [1.82, 2.24) is 9.97 Å². The average molecular weight is 283 g/mol. The number of nitrogens with zero attached hydrogens (tertiary/aromatic N) is 2. The van der Waals surface area contributed by atoms with E-state index in [4.69, 9.17) is 10.5 Å². The van der Waals surface area contributed by atoms with E-state index in [0.717, 1.165) is 17.0 Å². The van der Waals surface area contributed by atoms with Crippen LogP contribution in [-0.4, -0.2) is 9.97 Å². The van der Waals surface area contributed by atoms with Crippen molar-refractivity contribution in [2.45, 2.75) is 33.1 Å². The molecule has 0 radical (unpaired) electrons. The number of benzene rings is 1. The van der Waals surface area contributed by atoms with Crippen LogP contribution in [0.25, 0.3) is 0 Å². The van der Waals surface area contributed by atoms with E-state index in [1.165, 1.54) is 0 Å². The van der Waals surface area contributed by atoms with Gasteiger partial charge in [-0.25, -0.2) is 4.98 Å². The minimum atomic E-state index is 0.327. The summed E-state index contributed by atoms with van der Waals surface area (Å²) >= 11 is 0. The molecule has 1 aromatic heterocycles. The monoisotopic (exact) mass is 283 g/mol. The first-order chi connectivity index (χ1) is 9.99. The van der Waals surface area contributed by atoms with Gasteiger partial charge in [0, 0.05) is 16.9 Å². The van der Waals surface area contributed by atoms with Crippen molar-refractivity contribution in [2.24, 2.45) is 0 Å². The summed E-state index contributed by atoms with van der Waals surface area (Å²) in [6.45, 7) is 9.89. The molecule has 0 aliphatic rings. The molecule has 1 heterocycles. The molecule has 4 nitrogen and oxygen atoms in total. The number of aromatic nitrogens is 2. The first-order valence-corrected chi connectivity index (χ1v) is 7.02. The van der Waals surface area contributed by atoms with Crippen molar-refractivity contribution in [3.63, 3.8) is 0 Å². The SMILES string of the molecule is C=CCc1cc(N)ccc1Oc1nc(C)cc(C(C)C)n1. The number of nitrogen functional groups attached to an aromatic ring is 1. The van der Waals surface area contributed by atoms with Gasteiger partial charge >= 0.3 is 6.01 Å². The third kappa shape index (κ3) is 3.81. The van der Waals surface area contributed by atoms with E-state index in [1.807, 2.05) is 31.2 Å². The molecular weight excluding hydrogens is 262 g/mol. The van der Waals surface area contributed by atoms with Crippen molar-refractivity contribution < 1.29 is 4.74 Å². The van der Waals surface area contributed by atoms with Gasteiger partial charge < -0.3 is 10.5 Å². The maximum Gasteiger partial charge on any atom is 0.322 e. The summed E-state index contributed by atoms with van der Waals surface area (Å²) in [6.07, 6.45) is 2.50. The number of hydrogen-bond acceptors (Lipinski definition) is 4. The zero-order chi connectivity index (χ0) is 15.4. The molecule has 0 bridgehead atoms. The van der Waals surface area contributed by atoms with Crippen LogP contribution < -0.4 is 10.5 Å². The molecule has 0 atom stereocenters. The maximum atomic E-state index is 5.86. The van der Waals surface area contributed by atoms with Crippen LogP contribution in [-0.2, 0) is 6.42 Å². The summed E-state index contributed by atoms with van der Waals surface area (Å²) in [5.41, 5.74) is 9.36. The molecule has 2 rings (SSSR count). The molecule has 2 N–H and O–H groups in total. The second-order valence-electron chi connectivity index (χ2n) is 5.33. The molecule has 0 spiro atoms. The summed E-state index contributed by atoms with van der Waals surface area (Å²) in [6, 6.07) is 7.88. The van der Waals surface area contributed by atoms with E-state index in [9.17, 15) is 0 Å². The lowest BCUT2D eigenvalue weighted by atomic mass is 10.1. The molecule has 0 saturated carbocycles. The topological polar surface area (TPSA) is 61.0 Å². The molecule has 4 heteroatoms. The maximum absolute atomic E-state index is 5.86. The normalized spacial score (nSPS) is 10.7. The smallest absolute Gasteiger partial charge is 0.322 e. The van der Waals surface area contributed by atoms with Gasteiger partial charge in [-0.15, -0.1) is 6.58 Å². The predicted molar refractivity (Wildman–Crippen MR) is 85.7 cm³/mol. The highest BCUT2D eigenvalue weighted by Crippen LogP contribution is 2.27. The zero-order valence-electron chi connectivity index (χ0n) is 12.8. The highest BCUT2D eigenvalue weighted by Gasteiger charge is 2.10. The Kier molecular flexibility index (Phi) is 4.58. The molecule has 0 fully saturated rings. The Morgan fingerprint density at radius 3 is 2.71 bits per heavy atom. The lowest BCUT2D eigenvalue weighted by Gasteiger charge is -2.12. The van der Waals surface area contributed by atoms with Gasteiger partial charge in [-0.2, -0.15) is 4.98 Å². The minimum Gasteiger partial charge on any atom is -0.424 e. The van der Waals surface area contributed by atoms with Crippen LogP contribution in [0.15, 0.2) is 36.9 Å². The Labute approximate surface area is 125 Å². The Bertz CT molecular complexity index is 650. The Morgan fingerprint density at radius 1 is 1.29 bits per heavy atom. The van der Waals surface area contributed by atoms with Crippen LogP contribution in [0.1, 0.15) is 36.7 Å². The van der Waals surface area contributed by atoms with Crippen molar-refractivity contribution in [3.8, 4) is 11.8 Å². The number of hydrogen-bond donors (Lipinski definition) is 1. The number of anilines is 1. The van der Waals surface area contributed by atoms with Gasteiger partial charge in [0.2, 0.25) is 0 Å². The summed E-state index contributed by atoms with van der Waals surface area (Å²) in [5, 5.41) is 0. The summed E-state index contributed by atoms with van der Waals surface area (Å²) < 4.78 is 5.86. The van der Waals surface area contributed by atoms with E-state index >= 15 is 0 Å². The van der Waals surface area contributed by atoms with Gasteiger partial charge in [0.05, 0.1) is 5.69 Å². The fourth-order valence-electron chi connectivity index (χ4n) is 2.02. The van der Waals surface area contributed by atoms with Crippen LogP contribution in [0.4, 0.5) is 5.69 Å². The first kappa shape index (κ1) is 15.0. The summed E-state index contributed by atoms with van der Waals surface area (Å²) in [7, 11) is 0. The van der Waals surface area contributed by atoms with E-state index < -0.39 is 0 Å². The van der Waals surface area contributed by atoms with E-state index in [2.05, 4.69) is 30.4 Å². The molecule has 0 aliphatic heterocycles. The third-order valence-electron chi connectivity index (χ3n) is 3.10. The van der Waals surface area contributed by atoms with Gasteiger partial charge in [0.1, 0.15) is 5.75 Å². The number of nitrogens with two attached hydrogens (primary N) is 1.